The molecule has 0 atom stereocenters. The molecule has 0 saturated carbocycles. The van der Waals surface area contributed by atoms with Gasteiger partial charge in [0.15, 0.2) is 0 Å². The Morgan fingerprint density at radius 1 is 1.06 bits per heavy atom. The van der Waals surface area contributed by atoms with E-state index in [0.717, 1.165) is 7.11 Å². The molecule has 0 heterocycles. The van der Waals surface area contributed by atoms with Gasteiger partial charge in [-0.25, -0.2) is 4.79 Å². The summed E-state index contributed by atoms with van der Waals surface area (Å²) in [6.45, 7) is 4.91. The molecule has 6 nitrogen and oxygen atoms in total. The zero-order chi connectivity index (χ0) is 12.6. The van der Waals surface area contributed by atoms with Crippen molar-refractivity contribution in [2.45, 2.75) is 26.7 Å². The van der Waals surface area contributed by atoms with Gasteiger partial charge in [0.25, 0.3) is 0 Å². The molecule has 0 aliphatic rings. The molecule has 16 heavy (non-hydrogen) atoms. The third-order valence-corrected chi connectivity index (χ3v) is 2.02. The molecule has 0 radical (unpaired) electrons. The number of nitrogens with zero attached hydrogens (tertiary/aromatic N) is 1. The number of ether oxygens (including phenoxy) is 2. The summed E-state index contributed by atoms with van der Waals surface area (Å²) in [4.78, 5) is 34.6. The summed E-state index contributed by atoms with van der Waals surface area (Å²) in [5, 5.41) is 0. The minimum absolute atomic E-state index is 0.0392. The van der Waals surface area contributed by atoms with Crippen LogP contribution < -0.4 is 0 Å². The van der Waals surface area contributed by atoms with E-state index >= 15 is 0 Å². The highest BCUT2D eigenvalue weighted by Crippen LogP contribution is 2.00. The second-order valence-corrected chi connectivity index (χ2v) is 2.99. The van der Waals surface area contributed by atoms with Gasteiger partial charge in [-0.05, 0) is 13.8 Å². The van der Waals surface area contributed by atoms with Gasteiger partial charge in [-0.2, -0.15) is 0 Å². The number of esters is 1. The average Bonchev–Trinajstić information content (AvgIpc) is 2.27. The van der Waals surface area contributed by atoms with Gasteiger partial charge in [0, 0.05) is 19.5 Å². The van der Waals surface area contributed by atoms with Crippen LogP contribution in [0.2, 0.25) is 0 Å². The highest BCUT2D eigenvalue weighted by molar-refractivity contribution is 5.85. The van der Waals surface area contributed by atoms with E-state index in [2.05, 4.69) is 9.47 Å². The van der Waals surface area contributed by atoms with Crippen LogP contribution in [0.5, 0.6) is 0 Å². The molecule has 0 aliphatic carbocycles. The molecule has 0 aromatic rings. The van der Waals surface area contributed by atoms with E-state index in [0.29, 0.717) is 13.1 Å². The molecule has 0 bridgehead atoms. The maximum absolute atomic E-state index is 11.5. The van der Waals surface area contributed by atoms with Crippen molar-refractivity contribution in [2.75, 3.05) is 20.2 Å². The standard InChI is InChI=1S/C10H17NO5/c1-4-11(5-2)8(12)6-7-9(13)16-10(14)15-3/h4-7H2,1-3H3. The fourth-order valence-corrected chi connectivity index (χ4v) is 1.13. The van der Waals surface area contributed by atoms with Gasteiger partial charge >= 0.3 is 12.1 Å². The van der Waals surface area contributed by atoms with Gasteiger partial charge < -0.3 is 14.4 Å². The molecule has 0 fully saturated rings. The SMILES string of the molecule is CCN(CC)C(=O)CCC(=O)OC(=O)OC. The number of carbonyl (C=O) groups excluding carboxylic acids is 3. The molecule has 0 N–H and O–H groups in total. The Balaban J connectivity index is 3.91. The van der Waals surface area contributed by atoms with E-state index in [1.165, 1.54) is 0 Å². The summed E-state index contributed by atoms with van der Waals surface area (Å²) < 4.78 is 8.37. The Morgan fingerprint density at radius 3 is 2.06 bits per heavy atom. The van der Waals surface area contributed by atoms with Gasteiger partial charge in [-0.15, -0.1) is 0 Å². The maximum Gasteiger partial charge on any atom is 0.515 e. The van der Waals surface area contributed by atoms with Crippen LogP contribution in [0.3, 0.4) is 0 Å². The first-order valence-corrected chi connectivity index (χ1v) is 5.11. The Morgan fingerprint density at radius 2 is 1.62 bits per heavy atom. The fourth-order valence-electron chi connectivity index (χ4n) is 1.13. The highest BCUT2D eigenvalue weighted by Gasteiger charge is 2.15. The molecule has 1 amide bonds. The van der Waals surface area contributed by atoms with Crippen LogP contribution in [0.25, 0.3) is 0 Å². The fraction of sp³-hybridized carbons (Fsp3) is 0.700. The van der Waals surface area contributed by atoms with Crippen LogP contribution in [0.4, 0.5) is 4.79 Å². The van der Waals surface area contributed by atoms with E-state index in [4.69, 9.17) is 0 Å². The smallest absolute Gasteiger partial charge is 0.437 e. The second kappa shape index (κ2) is 7.67. The molecule has 0 aromatic heterocycles. The molecule has 0 spiro atoms. The maximum atomic E-state index is 11.5. The minimum Gasteiger partial charge on any atom is -0.437 e. The third-order valence-electron chi connectivity index (χ3n) is 2.02. The van der Waals surface area contributed by atoms with Gasteiger partial charge in [0.1, 0.15) is 0 Å². The average molecular weight is 231 g/mol. The molecule has 92 valence electrons. The van der Waals surface area contributed by atoms with Crippen molar-refractivity contribution in [3.8, 4) is 0 Å². The third kappa shape index (κ3) is 5.33. The van der Waals surface area contributed by atoms with Crippen LogP contribution in [-0.4, -0.2) is 43.1 Å². The lowest BCUT2D eigenvalue weighted by molar-refractivity contribution is -0.142. The molecular formula is C10H17NO5. The lowest BCUT2D eigenvalue weighted by Gasteiger charge is -2.17. The van der Waals surface area contributed by atoms with Crippen molar-refractivity contribution in [2.24, 2.45) is 0 Å². The first-order valence-electron chi connectivity index (χ1n) is 5.11. The van der Waals surface area contributed by atoms with E-state index in [9.17, 15) is 14.4 Å². The zero-order valence-corrected chi connectivity index (χ0v) is 9.82. The Labute approximate surface area is 94.5 Å². The van der Waals surface area contributed by atoms with Crippen LogP contribution >= 0.6 is 0 Å². The molecule has 6 heteroatoms. The number of methoxy groups -OCH3 is 1. The Hall–Kier alpha value is -1.59. The number of hydrogen-bond donors (Lipinski definition) is 0. The topological polar surface area (TPSA) is 72.9 Å². The van der Waals surface area contributed by atoms with Crippen molar-refractivity contribution in [3.63, 3.8) is 0 Å². The van der Waals surface area contributed by atoms with Crippen molar-refractivity contribution < 1.29 is 23.9 Å². The highest BCUT2D eigenvalue weighted by atomic mass is 16.7. The predicted octanol–water partition coefficient (Wildman–Crippen LogP) is 0.945. The van der Waals surface area contributed by atoms with E-state index in [-0.39, 0.29) is 18.7 Å². The van der Waals surface area contributed by atoms with Crippen LogP contribution in [0, 0.1) is 0 Å². The number of rotatable bonds is 5. The van der Waals surface area contributed by atoms with Gasteiger partial charge in [0.05, 0.1) is 13.5 Å². The van der Waals surface area contributed by atoms with E-state index in [1.807, 2.05) is 13.8 Å². The summed E-state index contributed by atoms with van der Waals surface area (Å²) in [6, 6.07) is 0. The van der Waals surface area contributed by atoms with Crippen LogP contribution in [0.15, 0.2) is 0 Å². The van der Waals surface area contributed by atoms with E-state index < -0.39 is 12.1 Å². The first-order chi connectivity index (χ1) is 7.54. The largest absolute Gasteiger partial charge is 0.515 e. The molecule has 0 saturated heterocycles. The predicted molar refractivity (Wildman–Crippen MR) is 55.7 cm³/mol. The van der Waals surface area contributed by atoms with Gasteiger partial charge in [-0.3, -0.25) is 9.59 Å². The summed E-state index contributed by atoms with van der Waals surface area (Å²) in [5.74, 6) is -0.890. The molecule has 0 unspecified atom stereocenters. The second-order valence-electron chi connectivity index (χ2n) is 2.99. The molecule has 0 rings (SSSR count). The Bertz CT molecular complexity index is 260. The quantitative estimate of drug-likeness (QED) is 0.520. The van der Waals surface area contributed by atoms with Gasteiger partial charge in [0.2, 0.25) is 5.91 Å². The van der Waals surface area contributed by atoms with Crippen molar-refractivity contribution in [1.29, 1.82) is 0 Å². The molecule has 0 aromatic carbocycles. The summed E-state index contributed by atoms with van der Waals surface area (Å²) >= 11 is 0. The molecular weight excluding hydrogens is 214 g/mol. The monoisotopic (exact) mass is 231 g/mol. The van der Waals surface area contributed by atoms with Crippen LogP contribution in [0.1, 0.15) is 26.7 Å². The van der Waals surface area contributed by atoms with Gasteiger partial charge in [-0.1, -0.05) is 0 Å². The lowest BCUT2D eigenvalue weighted by atomic mass is 10.3. The van der Waals surface area contributed by atoms with E-state index in [1.54, 1.807) is 4.90 Å². The minimum atomic E-state index is -1.06. The van der Waals surface area contributed by atoms with Crippen molar-refractivity contribution >= 4 is 18.0 Å². The van der Waals surface area contributed by atoms with Crippen LogP contribution in [-0.2, 0) is 19.1 Å². The zero-order valence-electron chi connectivity index (χ0n) is 9.82. The summed E-state index contributed by atoms with van der Waals surface area (Å²) in [7, 11) is 1.11. The number of amides is 1. The number of carbonyl (C=O) groups is 3. The Kier molecular flexibility index (Phi) is 6.91. The summed E-state index contributed by atoms with van der Waals surface area (Å²) in [5.41, 5.74) is 0. The normalized spacial score (nSPS) is 9.44. The lowest BCUT2D eigenvalue weighted by Crippen LogP contribution is -2.30. The van der Waals surface area contributed by atoms with Crippen molar-refractivity contribution in [1.82, 2.24) is 4.90 Å². The van der Waals surface area contributed by atoms with Crippen molar-refractivity contribution in [3.05, 3.63) is 0 Å². The summed E-state index contributed by atoms with van der Waals surface area (Å²) in [6.07, 6.45) is -1.14. The number of hydrogen-bond acceptors (Lipinski definition) is 5. The first kappa shape index (κ1) is 14.4. The molecule has 0 aliphatic heterocycles.